The van der Waals surface area contributed by atoms with Crippen LogP contribution in [0.15, 0.2) is 59.3 Å². The Balaban J connectivity index is 1.93. The molecule has 0 spiro atoms. The third-order valence-corrected chi connectivity index (χ3v) is 4.78. The molecule has 3 aromatic rings. The van der Waals surface area contributed by atoms with Crippen molar-refractivity contribution in [2.45, 2.75) is 25.6 Å². The lowest BCUT2D eigenvalue weighted by atomic mass is 9.94. The zero-order chi connectivity index (χ0) is 18.5. The third kappa shape index (κ3) is 4.17. The molecule has 3 rings (SSSR count). The van der Waals surface area contributed by atoms with E-state index >= 15 is 0 Å². The maximum Gasteiger partial charge on any atom is 0.287 e. The quantitative estimate of drug-likeness (QED) is 0.688. The predicted molar refractivity (Wildman–Crippen MR) is 105 cm³/mol. The SMILES string of the molecule is CSCc1ccc(C(=O)N[C@@H](c2cccnc2)c2cc(C)ccc2C)o1. The third-order valence-electron chi connectivity index (χ3n) is 4.21. The van der Waals surface area contributed by atoms with Crippen LogP contribution in [0.4, 0.5) is 0 Å². The lowest BCUT2D eigenvalue weighted by Gasteiger charge is -2.21. The van der Waals surface area contributed by atoms with Gasteiger partial charge in [0.05, 0.1) is 11.8 Å². The largest absolute Gasteiger partial charge is 0.455 e. The zero-order valence-corrected chi connectivity index (χ0v) is 16.0. The van der Waals surface area contributed by atoms with Crippen molar-refractivity contribution in [3.05, 3.63) is 88.6 Å². The molecule has 1 aromatic carbocycles. The number of carbonyl (C=O) groups is 1. The number of rotatable bonds is 6. The molecular formula is C21H22N2O2S. The van der Waals surface area contributed by atoms with Crippen LogP contribution in [-0.4, -0.2) is 17.1 Å². The minimum atomic E-state index is -0.287. The van der Waals surface area contributed by atoms with Crippen LogP contribution < -0.4 is 5.32 Å². The van der Waals surface area contributed by atoms with Crippen LogP contribution in [0.5, 0.6) is 0 Å². The summed E-state index contributed by atoms with van der Waals surface area (Å²) in [6.07, 6.45) is 5.52. The number of benzene rings is 1. The van der Waals surface area contributed by atoms with E-state index in [0.717, 1.165) is 33.8 Å². The number of amides is 1. The molecule has 0 aliphatic heterocycles. The van der Waals surface area contributed by atoms with Crippen molar-refractivity contribution in [1.29, 1.82) is 0 Å². The molecule has 2 aromatic heterocycles. The second-order valence-corrected chi connectivity index (χ2v) is 7.12. The fourth-order valence-electron chi connectivity index (χ4n) is 2.88. The number of pyridine rings is 1. The van der Waals surface area contributed by atoms with Gasteiger partial charge in [-0.05, 0) is 55.0 Å². The van der Waals surface area contributed by atoms with E-state index < -0.39 is 0 Å². The number of aryl methyl sites for hydroxylation is 2. The number of hydrogen-bond donors (Lipinski definition) is 1. The second kappa shape index (κ2) is 8.23. The molecule has 0 saturated heterocycles. The molecule has 0 aliphatic rings. The van der Waals surface area contributed by atoms with Crippen molar-refractivity contribution in [3.63, 3.8) is 0 Å². The predicted octanol–water partition coefficient (Wildman–Crippen LogP) is 4.67. The number of thioether (sulfide) groups is 1. The summed E-state index contributed by atoms with van der Waals surface area (Å²) in [5.74, 6) is 1.64. The van der Waals surface area contributed by atoms with Crippen molar-refractivity contribution in [3.8, 4) is 0 Å². The first-order valence-corrected chi connectivity index (χ1v) is 9.83. The van der Waals surface area contributed by atoms with Gasteiger partial charge in [0, 0.05) is 12.4 Å². The maximum atomic E-state index is 12.8. The molecule has 0 radical (unpaired) electrons. The fraction of sp³-hybridized carbons (Fsp3) is 0.238. The average molecular weight is 366 g/mol. The van der Waals surface area contributed by atoms with Crippen molar-refractivity contribution < 1.29 is 9.21 Å². The Morgan fingerprint density at radius 2 is 2.08 bits per heavy atom. The molecule has 26 heavy (non-hydrogen) atoms. The standard InChI is InChI=1S/C21H22N2O2S/c1-14-6-7-15(2)18(11-14)20(16-5-4-10-22-12-16)23-21(24)19-9-8-17(25-19)13-26-3/h4-12,20H,13H2,1-3H3,(H,23,24)/t20-/m0/s1. The molecule has 0 aliphatic carbocycles. The Labute approximate surface area is 158 Å². The summed E-state index contributed by atoms with van der Waals surface area (Å²) < 4.78 is 5.66. The number of furan rings is 1. The lowest BCUT2D eigenvalue weighted by molar-refractivity contribution is 0.0913. The smallest absolute Gasteiger partial charge is 0.287 e. The van der Waals surface area contributed by atoms with E-state index in [4.69, 9.17) is 4.42 Å². The summed E-state index contributed by atoms with van der Waals surface area (Å²) in [4.78, 5) is 17.0. The highest BCUT2D eigenvalue weighted by Crippen LogP contribution is 2.26. The molecule has 0 unspecified atom stereocenters. The van der Waals surface area contributed by atoms with Crippen molar-refractivity contribution in [2.75, 3.05) is 6.26 Å². The molecule has 0 bridgehead atoms. The molecule has 0 saturated carbocycles. The zero-order valence-electron chi connectivity index (χ0n) is 15.2. The molecule has 4 nitrogen and oxygen atoms in total. The number of carbonyl (C=O) groups excluding carboxylic acids is 1. The number of nitrogens with zero attached hydrogens (tertiary/aromatic N) is 1. The highest BCUT2D eigenvalue weighted by molar-refractivity contribution is 7.97. The summed E-state index contributed by atoms with van der Waals surface area (Å²) in [6.45, 7) is 4.10. The van der Waals surface area contributed by atoms with Gasteiger partial charge in [-0.2, -0.15) is 11.8 Å². The normalized spacial score (nSPS) is 12.0. The number of nitrogens with one attached hydrogen (secondary N) is 1. The van der Waals surface area contributed by atoms with E-state index in [9.17, 15) is 4.79 Å². The van der Waals surface area contributed by atoms with Crippen LogP contribution in [0, 0.1) is 13.8 Å². The highest BCUT2D eigenvalue weighted by atomic mass is 32.2. The topological polar surface area (TPSA) is 55.1 Å². The summed E-state index contributed by atoms with van der Waals surface area (Å²) in [6, 6.07) is 13.4. The summed E-state index contributed by atoms with van der Waals surface area (Å²) in [5, 5.41) is 3.11. The average Bonchev–Trinajstić information content (AvgIpc) is 3.12. The second-order valence-electron chi connectivity index (χ2n) is 6.25. The van der Waals surface area contributed by atoms with Crippen molar-refractivity contribution in [1.82, 2.24) is 10.3 Å². The van der Waals surface area contributed by atoms with Gasteiger partial charge >= 0.3 is 0 Å². The minimum Gasteiger partial charge on any atom is -0.455 e. The van der Waals surface area contributed by atoms with Gasteiger partial charge < -0.3 is 9.73 Å². The van der Waals surface area contributed by atoms with E-state index in [2.05, 4.69) is 28.5 Å². The fourth-order valence-corrected chi connectivity index (χ4v) is 3.32. The summed E-state index contributed by atoms with van der Waals surface area (Å²) in [7, 11) is 0. The molecule has 5 heteroatoms. The van der Waals surface area contributed by atoms with Gasteiger partial charge in [0.25, 0.3) is 5.91 Å². The molecule has 1 N–H and O–H groups in total. The van der Waals surface area contributed by atoms with Crippen molar-refractivity contribution >= 4 is 17.7 Å². The molecule has 0 fully saturated rings. The van der Waals surface area contributed by atoms with Crippen LogP contribution in [0.1, 0.15) is 44.6 Å². The van der Waals surface area contributed by atoms with Crippen LogP contribution in [0.25, 0.3) is 0 Å². The van der Waals surface area contributed by atoms with E-state index in [1.165, 1.54) is 0 Å². The molecular weight excluding hydrogens is 344 g/mol. The Hall–Kier alpha value is -2.53. The van der Waals surface area contributed by atoms with Crippen molar-refractivity contribution in [2.24, 2.45) is 0 Å². The van der Waals surface area contributed by atoms with Crippen LogP contribution in [0.2, 0.25) is 0 Å². The van der Waals surface area contributed by atoms with Gasteiger partial charge in [-0.1, -0.05) is 29.8 Å². The Kier molecular flexibility index (Phi) is 5.78. The maximum absolute atomic E-state index is 12.8. The minimum absolute atomic E-state index is 0.230. The van der Waals surface area contributed by atoms with Gasteiger partial charge in [0.1, 0.15) is 5.76 Å². The van der Waals surface area contributed by atoms with E-state index in [0.29, 0.717) is 5.76 Å². The van der Waals surface area contributed by atoms with E-state index in [1.807, 2.05) is 38.3 Å². The Bertz CT molecular complexity index is 890. The highest BCUT2D eigenvalue weighted by Gasteiger charge is 2.21. The van der Waals surface area contributed by atoms with E-state index in [1.54, 1.807) is 30.2 Å². The lowest BCUT2D eigenvalue weighted by Crippen LogP contribution is -2.29. The number of aromatic nitrogens is 1. The van der Waals surface area contributed by atoms with Gasteiger partial charge in [0.2, 0.25) is 0 Å². The van der Waals surface area contributed by atoms with Crippen LogP contribution >= 0.6 is 11.8 Å². The first-order valence-electron chi connectivity index (χ1n) is 8.44. The van der Waals surface area contributed by atoms with Gasteiger partial charge in [-0.3, -0.25) is 9.78 Å². The molecule has 2 heterocycles. The first-order chi connectivity index (χ1) is 12.6. The van der Waals surface area contributed by atoms with Crippen LogP contribution in [0.3, 0.4) is 0 Å². The summed E-state index contributed by atoms with van der Waals surface area (Å²) in [5.41, 5.74) is 4.26. The van der Waals surface area contributed by atoms with Gasteiger partial charge in [-0.25, -0.2) is 0 Å². The molecule has 1 amide bonds. The molecule has 134 valence electrons. The first kappa shape index (κ1) is 18.3. The number of hydrogen-bond acceptors (Lipinski definition) is 4. The van der Waals surface area contributed by atoms with Gasteiger partial charge in [0.15, 0.2) is 5.76 Å². The van der Waals surface area contributed by atoms with E-state index in [-0.39, 0.29) is 11.9 Å². The van der Waals surface area contributed by atoms with Gasteiger partial charge in [-0.15, -0.1) is 0 Å². The van der Waals surface area contributed by atoms with Crippen LogP contribution in [-0.2, 0) is 5.75 Å². The molecule has 1 atom stereocenters. The summed E-state index contributed by atoms with van der Waals surface area (Å²) >= 11 is 1.66. The monoisotopic (exact) mass is 366 g/mol. The Morgan fingerprint density at radius 1 is 1.23 bits per heavy atom. The Morgan fingerprint density at radius 3 is 2.81 bits per heavy atom.